The first kappa shape index (κ1) is 20.1. The second-order valence-corrected chi connectivity index (χ2v) is 6.63. The number of likely N-dealkylation sites (tertiary alicyclic amines) is 1. The number of carbonyl (C=O) groups is 2. The highest BCUT2D eigenvalue weighted by Crippen LogP contribution is 2.20. The number of amides is 1. The molecule has 1 atom stereocenters. The van der Waals surface area contributed by atoms with E-state index in [1.165, 1.54) is 51.7 Å². The molecule has 1 rings (SSSR count). The average Bonchev–Trinajstić information content (AvgIpc) is 2.79. The topological polar surface area (TPSA) is 61.4 Å². The normalized spacial score (nSPS) is 19.3. The van der Waals surface area contributed by atoms with Crippen LogP contribution in [0.2, 0.25) is 0 Å². The van der Waals surface area contributed by atoms with Crippen LogP contribution in [0.15, 0.2) is 0 Å². The molecule has 1 aliphatic heterocycles. The number of hydrogen-bond acceptors (Lipinski definition) is 4. The highest BCUT2D eigenvalue weighted by Gasteiger charge is 2.16. The van der Waals surface area contributed by atoms with Gasteiger partial charge in [0, 0.05) is 13.0 Å². The molecule has 1 fully saturated rings. The van der Waals surface area contributed by atoms with Crippen molar-refractivity contribution in [2.75, 3.05) is 39.3 Å². The van der Waals surface area contributed by atoms with Crippen molar-refractivity contribution in [1.82, 2.24) is 15.5 Å². The van der Waals surface area contributed by atoms with E-state index in [4.69, 9.17) is 0 Å². The van der Waals surface area contributed by atoms with E-state index in [-0.39, 0.29) is 0 Å². The molecule has 5 nitrogen and oxygen atoms in total. The molecule has 134 valence electrons. The summed E-state index contributed by atoms with van der Waals surface area (Å²) in [6.07, 6.45) is 10.0. The van der Waals surface area contributed by atoms with Gasteiger partial charge in [0.1, 0.15) is 5.78 Å². The first-order chi connectivity index (χ1) is 11.3. The van der Waals surface area contributed by atoms with Gasteiger partial charge < -0.3 is 15.5 Å². The summed E-state index contributed by atoms with van der Waals surface area (Å²) in [6, 6.07) is 0. The van der Waals surface area contributed by atoms with Gasteiger partial charge in [0.15, 0.2) is 0 Å². The molecular formula is C18H35N3O2. The van der Waals surface area contributed by atoms with Crippen molar-refractivity contribution >= 4 is 12.2 Å². The molecule has 1 amide bonds. The molecule has 1 heterocycles. The molecule has 2 N–H and O–H groups in total. The lowest BCUT2D eigenvalue weighted by Gasteiger charge is -2.20. The Hall–Kier alpha value is -0.940. The number of ketones is 1. The van der Waals surface area contributed by atoms with E-state index in [2.05, 4.69) is 15.5 Å². The van der Waals surface area contributed by atoms with Crippen LogP contribution in [-0.4, -0.2) is 56.4 Å². The van der Waals surface area contributed by atoms with Crippen molar-refractivity contribution in [2.45, 2.75) is 58.3 Å². The SMILES string of the molecule is CCC(=O)CNCCCCCN1CCCC(CCNC=O)CC1. The van der Waals surface area contributed by atoms with E-state index in [9.17, 15) is 9.59 Å². The molecule has 0 spiro atoms. The minimum Gasteiger partial charge on any atom is -0.359 e. The maximum Gasteiger partial charge on any atom is 0.207 e. The number of nitrogens with zero attached hydrogens (tertiary/aromatic N) is 1. The van der Waals surface area contributed by atoms with Crippen LogP contribution in [0.1, 0.15) is 58.3 Å². The summed E-state index contributed by atoms with van der Waals surface area (Å²) in [5, 5.41) is 6.00. The fraction of sp³-hybridized carbons (Fsp3) is 0.889. The zero-order valence-electron chi connectivity index (χ0n) is 14.8. The first-order valence-electron chi connectivity index (χ1n) is 9.38. The molecule has 0 radical (unpaired) electrons. The van der Waals surface area contributed by atoms with E-state index in [1.54, 1.807) is 0 Å². The number of unbranched alkanes of at least 4 members (excludes halogenated alkanes) is 2. The zero-order valence-corrected chi connectivity index (χ0v) is 14.8. The Morgan fingerprint density at radius 2 is 2.04 bits per heavy atom. The van der Waals surface area contributed by atoms with Gasteiger partial charge in [0.05, 0.1) is 6.54 Å². The van der Waals surface area contributed by atoms with Crippen molar-refractivity contribution in [1.29, 1.82) is 0 Å². The van der Waals surface area contributed by atoms with Gasteiger partial charge in [-0.15, -0.1) is 0 Å². The van der Waals surface area contributed by atoms with E-state index in [1.807, 2.05) is 6.92 Å². The monoisotopic (exact) mass is 325 g/mol. The minimum atomic E-state index is 0.299. The Morgan fingerprint density at radius 3 is 2.83 bits per heavy atom. The summed E-state index contributed by atoms with van der Waals surface area (Å²) in [5.74, 6) is 1.07. The summed E-state index contributed by atoms with van der Waals surface area (Å²) in [6.45, 7) is 7.85. The molecule has 23 heavy (non-hydrogen) atoms. The van der Waals surface area contributed by atoms with Gasteiger partial charge >= 0.3 is 0 Å². The molecule has 0 aromatic carbocycles. The number of carbonyl (C=O) groups excluding carboxylic acids is 2. The largest absolute Gasteiger partial charge is 0.359 e. The smallest absolute Gasteiger partial charge is 0.207 e. The van der Waals surface area contributed by atoms with E-state index < -0.39 is 0 Å². The quantitative estimate of drug-likeness (QED) is 0.401. The molecule has 0 bridgehead atoms. The Labute approximate surface area is 141 Å². The first-order valence-corrected chi connectivity index (χ1v) is 9.38. The Morgan fingerprint density at radius 1 is 1.17 bits per heavy atom. The van der Waals surface area contributed by atoms with Crippen molar-refractivity contribution in [3.8, 4) is 0 Å². The lowest BCUT2D eigenvalue weighted by molar-refractivity contribution is -0.118. The molecule has 1 saturated heterocycles. The number of hydrogen-bond donors (Lipinski definition) is 2. The van der Waals surface area contributed by atoms with Gasteiger partial charge in [-0.1, -0.05) is 13.3 Å². The van der Waals surface area contributed by atoms with Crippen LogP contribution in [0.25, 0.3) is 0 Å². The van der Waals surface area contributed by atoms with Crippen molar-refractivity contribution < 1.29 is 9.59 Å². The van der Waals surface area contributed by atoms with E-state index in [0.717, 1.165) is 38.3 Å². The maximum absolute atomic E-state index is 11.2. The van der Waals surface area contributed by atoms with Crippen molar-refractivity contribution in [3.05, 3.63) is 0 Å². The molecule has 0 aromatic heterocycles. The molecule has 0 aromatic rings. The van der Waals surface area contributed by atoms with Gasteiger partial charge in [-0.2, -0.15) is 0 Å². The summed E-state index contributed by atoms with van der Waals surface area (Å²) in [4.78, 5) is 24.0. The van der Waals surface area contributed by atoms with Crippen molar-refractivity contribution in [3.63, 3.8) is 0 Å². The van der Waals surface area contributed by atoms with Crippen LogP contribution >= 0.6 is 0 Å². The molecule has 1 unspecified atom stereocenters. The average molecular weight is 325 g/mol. The molecule has 0 saturated carbocycles. The summed E-state index contributed by atoms with van der Waals surface area (Å²) >= 11 is 0. The Balaban J connectivity index is 1.99. The standard InChI is InChI=1S/C18H35N3O2/c1-2-18(23)15-19-10-4-3-5-12-21-13-6-7-17(9-14-21)8-11-20-16-22/h16-17,19H,2-15H2,1H3,(H,20,22). The predicted octanol–water partition coefficient (Wildman–Crippen LogP) is 1.96. The predicted molar refractivity (Wildman–Crippen MR) is 94.5 cm³/mol. The fourth-order valence-electron chi connectivity index (χ4n) is 3.20. The van der Waals surface area contributed by atoms with E-state index in [0.29, 0.717) is 18.7 Å². The highest BCUT2D eigenvalue weighted by atomic mass is 16.1. The second kappa shape index (κ2) is 13.5. The van der Waals surface area contributed by atoms with E-state index >= 15 is 0 Å². The third kappa shape index (κ3) is 10.4. The van der Waals surface area contributed by atoms with Gasteiger partial charge in [-0.05, 0) is 70.6 Å². The molecular weight excluding hydrogens is 290 g/mol. The Kier molecular flexibility index (Phi) is 11.8. The minimum absolute atomic E-state index is 0.299. The second-order valence-electron chi connectivity index (χ2n) is 6.63. The van der Waals surface area contributed by atoms with Crippen molar-refractivity contribution in [2.24, 2.45) is 5.92 Å². The van der Waals surface area contributed by atoms with Crippen LogP contribution < -0.4 is 10.6 Å². The summed E-state index contributed by atoms with van der Waals surface area (Å²) < 4.78 is 0. The third-order valence-electron chi connectivity index (χ3n) is 4.76. The summed E-state index contributed by atoms with van der Waals surface area (Å²) in [7, 11) is 0. The van der Waals surface area contributed by atoms with Gasteiger partial charge in [-0.3, -0.25) is 9.59 Å². The molecule has 0 aliphatic carbocycles. The van der Waals surface area contributed by atoms with Gasteiger partial charge in [0.2, 0.25) is 6.41 Å². The molecule has 1 aliphatic rings. The number of nitrogens with one attached hydrogen (secondary N) is 2. The van der Waals surface area contributed by atoms with Gasteiger partial charge in [-0.25, -0.2) is 0 Å². The fourth-order valence-corrected chi connectivity index (χ4v) is 3.20. The lowest BCUT2D eigenvalue weighted by Crippen LogP contribution is -2.26. The zero-order chi connectivity index (χ0) is 16.8. The van der Waals surface area contributed by atoms with Crippen LogP contribution in [-0.2, 0) is 9.59 Å². The summed E-state index contributed by atoms with van der Waals surface area (Å²) in [5.41, 5.74) is 0. The molecule has 5 heteroatoms. The van der Waals surface area contributed by atoms with Gasteiger partial charge in [0.25, 0.3) is 0 Å². The van der Waals surface area contributed by atoms with Crippen LogP contribution in [0, 0.1) is 5.92 Å². The maximum atomic E-state index is 11.2. The third-order valence-corrected chi connectivity index (χ3v) is 4.76. The Bertz CT molecular complexity index is 323. The van der Waals surface area contributed by atoms with Crippen LogP contribution in [0.3, 0.4) is 0 Å². The lowest BCUT2D eigenvalue weighted by atomic mass is 9.97. The highest BCUT2D eigenvalue weighted by molar-refractivity contribution is 5.80. The number of rotatable bonds is 13. The van der Waals surface area contributed by atoms with Crippen LogP contribution in [0.5, 0.6) is 0 Å². The number of Topliss-reactive ketones (excluding diaryl/α,β-unsaturated/α-hetero) is 1. The van der Waals surface area contributed by atoms with Crippen LogP contribution in [0.4, 0.5) is 0 Å².